The molecule has 5 nitrogen and oxygen atoms in total. The number of aliphatic hydroxyl groups is 1. The number of carboxylic acid groups (broad SMARTS) is 2. The van der Waals surface area contributed by atoms with Crippen LogP contribution in [0.25, 0.3) is 0 Å². The van der Waals surface area contributed by atoms with E-state index in [2.05, 4.69) is 0 Å². The van der Waals surface area contributed by atoms with Gasteiger partial charge in [0.15, 0.2) is 0 Å². The van der Waals surface area contributed by atoms with Gasteiger partial charge < -0.3 is 15.3 Å². The third kappa shape index (κ3) is 1.82. The lowest BCUT2D eigenvalue weighted by Crippen LogP contribution is -2.24. The summed E-state index contributed by atoms with van der Waals surface area (Å²) in [7, 11) is 0. The van der Waals surface area contributed by atoms with Crippen molar-refractivity contribution in [1.29, 1.82) is 0 Å². The predicted molar refractivity (Wildman–Crippen MR) is 46.6 cm³/mol. The second-order valence-corrected chi connectivity index (χ2v) is 3.12. The average Bonchev–Trinajstić information content (AvgIpc) is 2.08. The molecular weight excluding hydrogens is 188 g/mol. The standard InChI is InChI=1S/C9H10O5/c1-4-2-5(8(11)12)6(9(13)14)3-7(4)10/h2-4,7,10H,1H3,(H,11,12)(H,13,14)/t4-,7+/m0/s1. The number of aliphatic carboxylic acids is 2. The Morgan fingerprint density at radius 2 is 1.57 bits per heavy atom. The van der Waals surface area contributed by atoms with E-state index in [1.807, 2.05) is 0 Å². The number of rotatable bonds is 2. The van der Waals surface area contributed by atoms with Crippen molar-refractivity contribution in [3.63, 3.8) is 0 Å². The molecule has 0 amide bonds. The molecule has 0 aromatic carbocycles. The zero-order chi connectivity index (χ0) is 10.9. The van der Waals surface area contributed by atoms with Gasteiger partial charge in [-0.25, -0.2) is 9.59 Å². The molecule has 14 heavy (non-hydrogen) atoms. The summed E-state index contributed by atoms with van der Waals surface area (Å²) in [6.45, 7) is 1.61. The van der Waals surface area contributed by atoms with Gasteiger partial charge in [-0.15, -0.1) is 0 Å². The smallest absolute Gasteiger partial charge is 0.336 e. The predicted octanol–water partition coefficient (Wildman–Crippen LogP) is 0.0190. The molecule has 5 heteroatoms. The van der Waals surface area contributed by atoms with Gasteiger partial charge in [-0.05, 0) is 6.08 Å². The molecule has 1 aliphatic rings. The molecule has 76 valence electrons. The molecule has 1 rings (SSSR count). The Labute approximate surface area is 80.0 Å². The van der Waals surface area contributed by atoms with Crippen LogP contribution in [0.5, 0.6) is 0 Å². The van der Waals surface area contributed by atoms with Crippen molar-refractivity contribution in [3.8, 4) is 0 Å². The van der Waals surface area contributed by atoms with Crippen LogP contribution in [0.4, 0.5) is 0 Å². The molecule has 0 spiro atoms. The van der Waals surface area contributed by atoms with Crippen molar-refractivity contribution in [2.45, 2.75) is 13.0 Å². The summed E-state index contributed by atoms with van der Waals surface area (Å²) in [5, 5.41) is 26.7. The lowest BCUT2D eigenvalue weighted by Gasteiger charge is -2.19. The fourth-order valence-corrected chi connectivity index (χ4v) is 1.24. The van der Waals surface area contributed by atoms with E-state index in [1.54, 1.807) is 6.92 Å². The molecular formula is C9H10O5. The lowest BCUT2D eigenvalue weighted by atomic mass is 9.89. The minimum Gasteiger partial charge on any atom is -0.478 e. The fourth-order valence-electron chi connectivity index (χ4n) is 1.24. The zero-order valence-electron chi connectivity index (χ0n) is 7.47. The maximum atomic E-state index is 10.7. The fraction of sp³-hybridized carbons (Fsp3) is 0.333. The van der Waals surface area contributed by atoms with Gasteiger partial charge in [0.25, 0.3) is 0 Å². The van der Waals surface area contributed by atoms with Crippen LogP contribution in [0.15, 0.2) is 23.3 Å². The summed E-state index contributed by atoms with van der Waals surface area (Å²) in [6.07, 6.45) is 1.36. The minimum atomic E-state index is -1.34. The van der Waals surface area contributed by atoms with E-state index < -0.39 is 18.0 Å². The summed E-state index contributed by atoms with van der Waals surface area (Å²) in [6, 6.07) is 0. The number of hydrogen-bond acceptors (Lipinski definition) is 3. The summed E-state index contributed by atoms with van der Waals surface area (Å²) in [4.78, 5) is 21.3. The molecule has 0 unspecified atom stereocenters. The zero-order valence-corrected chi connectivity index (χ0v) is 7.47. The highest BCUT2D eigenvalue weighted by Gasteiger charge is 2.27. The molecule has 2 atom stereocenters. The Balaban J connectivity index is 3.13. The van der Waals surface area contributed by atoms with E-state index in [-0.39, 0.29) is 17.1 Å². The molecule has 0 aromatic rings. The van der Waals surface area contributed by atoms with Crippen molar-refractivity contribution in [2.24, 2.45) is 5.92 Å². The number of aliphatic hydroxyl groups excluding tert-OH is 1. The highest BCUT2D eigenvalue weighted by Crippen LogP contribution is 2.23. The maximum absolute atomic E-state index is 10.7. The maximum Gasteiger partial charge on any atom is 0.336 e. The highest BCUT2D eigenvalue weighted by molar-refractivity contribution is 6.06. The van der Waals surface area contributed by atoms with Gasteiger partial charge in [0.2, 0.25) is 0 Å². The number of carbonyl (C=O) groups is 2. The van der Waals surface area contributed by atoms with E-state index >= 15 is 0 Å². The third-order valence-corrected chi connectivity index (χ3v) is 2.06. The molecule has 0 fully saturated rings. The summed E-state index contributed by atoms with van der Waals surface area (Å²) in [5.41, 5.74) is -0.626. The first-order chi connectivity index (χ1) is 6.43. The van der Waals surface area contributed by atoms with E-state index in [9.17, 15) is 14.7 Å². The van der Waals surface area contributed by atoms with E-state index in [1.165, 1.54) is 6.08 Å². The molecule has 0 heterocycles. The van der Waals surface area contributed by atoms with Crippen molar-refractivity contribution >= 4 is 11.9 Å². The van der Waals surface area contributed by atoms with Crippen LogP contribution < -0.4 is 0 Å². The quantitative estimate of drug-likeness (QED) is 0.581. The third-order valence-electron chi connectivity index (χ3n) is 2.06. The van der Waals surface area contributed by atoms with Crippen LogP contribution in [0.3, 0.4) is 0 Å². The highest BCUT2D eigenvalue weighted by atomic mass is 16.4. The van der Waals surface area contributed by atoms with Gasteiger partial charge in [0, 0.05) is 5.92 Å². The Bertz CT molecular complexity index is 305. The molecule has 0 saturated heterocycles. The van der Waals surface area contributed by atoms with Crippen LogP contribution in [-0.4, -0.2) is 33.4 Å². The van der Waals surface area contributed by atoms with Crippen LogP contribution >= 0.6 is 0 Å². The molecule has 0 radical (unpaired) electrons. The van der Waals surface area contributed by atoms with Crippen LogP contribution in [0, 0.1) is 5.92 Å². The molecule has 3 N–H and O–H groups in total. The largest absolute Gasteiger partial charge is 0.478 e. The van der Waals surface area contributed by atoms with Crippen molar-refractivity contribution in [2.75, 3.05) is 0 Å². The van der Waals surface area contributed by atoms with Crippen LogP contribution in [0.2, 0.25) is 0 Å². The Morgan fingerprint density at radius 1 is 1.14 bits per heavy atom. The molecule has 0 bridgehead atoms. The van der Waals surface area contributed by atoms with E-state index in [0.717, 1.165) is 6.08 Å². The number of carboxylic acids is 2. The number of hydrogen-bond donors (Lipinski definition) is 3. The Morgan fingerprint density at radius 3 is 2.00 bits per heavy atom. The Kier molecular flexibility index (Phi) is 2.71. The monoisotopic (exact) mass is 198 g/mol. The molecule has 0 saturated carbocycles. The van der Waals surface area contributed by atoms with Gasteiger partial charge >= 0.3 is 11.9 Å². The first-order valence-electron chi connectivity index (χ1n) is 4.02. The van der Waals surface area contributed by atoms with Crippen molar-refractivity contribution in [1.82, 2.24) is 0 Å². The summed E-state index contributed by atoms with van der Waals surface area (Å²) < 4.78 is 0. The van der Waals surface area contributed by atoms with Crippen LogP contribution in [0.1, 0.15) is 6.92 Å². The van der Waals surface area contributed by atoms with Gasteiger partial charge in [0.05, 0.1) is 17.3 Å². The normalized spacial score (nSPS) is 26.4. The summed E-state index contributed by atoms with van der Waals surface area (Å²) in [5.74, 6) is -3.02. The van der Waals surface area contributed by atoms with Crippen molar-refractivity contribution < 1.29 is 24.9 Å². The molecule has 0 aliphatic heterocycles. The second kappa shape index (κ2) is 3.63. The van der Waals surface area contributed by atoms with Crippen molar-refractivity contribution in [3.05, 3.63) is 23.3 Å². The van der Waals surface area contributed by atoms with Gasteiger partial charge in [-0.1, -0.05) is 13.0 Å². The van der Waals surface area contributed by atoms with Gasteiger partial charge in [-0.2, -0.15) is 0 Å². The van der Waals surface area contributed by atoms with E-state index in [4.69, 9.17) is 10.2 Å². The van der Waals surface area contributed by atoms with Gasteiger partial charge in [-0.3, -0.25) is 0 Å². The first-order valence-corrected chi connectivity index (χ1v) is 4.02. The molecule has 0 aromatic heterocycles. The first kappa shape index (κ1) is 10.5. The SMILES string of the molecule is C[C@H]1C=C(C(=O)O)C(C(=O)O)=C[C@H]1O. The summed E-state index contributed by atoms with van der Waals surface area (Å²) >= 11 is 0. The topological polar surface area (TPSA) is 94.8 Å². The van der Waals surface area contributed by atoms with Crippen LogP contribution in [-0.2, 0) is 9.59 Å². The molecule has 1 aliphatic carbocycles. The Hall–Kier alpha value is -1.62. The average molecular weight is 198 g/mol. The lowest BCUT2D eigenvalue weighted by molar-refractivity contribution is -0.136. The van der Waals surface area contributed by atoms with E-state index in [0.29, 0.717) is 0 Å². The second-order valence-electron chi connectivity index (χ2n) is 3.12. The van der Waals surface area contributed by atoms with Gasteiger partial charge in [0.1, 0.15) is 0 Å². The minimum absolute atomic E-state index is 0.268.